The second kappa shape index (κ2) is 5.07. The molecular weight excluding hydrogens is 310 g/mol. The normalized spacial score (nSPS) is 21.0. The minimum absolute atomic E-state index is 0.180. The third-order valence-electron chi connectivity index (χ3n) is 3.75. The topological polar surface area (TPSA) is 93.0 Å². The molecule has 0 aliphatic carbocycles. The van der Waals surface area contributed by atoms with Gasteiger partial charge in [0, 0.05) is 12.6 Å². The summed E-state index contributed by atoms with van der Waals surface area (Å²) in [5, 5.41) is 13.1. The predicted octanol–water partition coefficient (Wildman–Crippen LogP) is 0.455. The van der Waals surface area contributed by atoms with Crippen LogP contribution in [0, 0.1) is 11.6 Å². The van der Waals surface area contributed by atoms with Crippen LogP contribution in [0.15, 0.2) is 18.2 Å². The zero-order chi connectivity index (χ0) is 16.8. The van der Waals surface area contributed by atoms with Crippen LogP contribution >= 0.6 is 0 Å². The van der Waals surface area contributed by atoms with Crippen LogP contribution in [-0.4, -0.2) is 37.0 Å². The number of aryl methyl sites for hydroxylation is 1. The number of halogens is 2. The summed E-state index contributed by atoms with van der Waals surface area (Å²) in [6.07, 6.45) is 0. The molecule has 2 heterocycles. The number of nitrogens with one attached hydrogen (secondary N) is 1. The lowest BCUT2D eigenvalue weighted by atomic mass is 9.91. The number of tetrazole rings is 1. The van der Waals surface area contributed by atoms with Crippen LogP contribution in [0.3, 0.4) is 0 Å². The lowest BCUT2D eigenvalue weighted by molar-refractivity contribution is -0.131. The highest BCUT2D eigenvalue weighted by Crippen LogP contribution is 2.31. The third kappa shape index (κ3) is 2.31. The van der Waals surface area contributed by atoms with Gasteiger partial charge in [-0.2, -0.15) is 0 Å². The number of aromatic nitrogens is 4. The van der Waals surface area contributed by atoms with Gasteiger partial charge in [-0.25, -0.2) is 18.3 Å². The lowest BCUT2D eigenvalue weighted by Gasteiger charge is -2.22. The molecule has 0 spiro atoms. The number of amides is 3. The zero-order valence-corrected chi connectivity index (χ0v) is 12.2. The molecule has 0 bridgehead atoms. The van der Waals surface area contributed by atoms with Gasteiger partial charge in [-0.05, 0) is 35.5 Å². The Kier molecular flexibility index (Phi) is 3.31. The Balaban J connectivity index is 1.97. The monoisotopic (exact) mass is 322 g/mol. The minimum atomic E-state index is -1.70. The summed E-state index contributed by atoms with van der Waals surface area (Å²) in [6, 6.07) is 2.00. The molecule has 1 N–H and O–H groups in total. The van der Waals surface area contributed by atoms with E-state index in [1.165, 1.54) is 11.6 Å². The van der Waals surface area contributed by atoms with Crippen LogP contribution in [0.5, 0.6) is 0 Å². The molecule has 120 valence electrons. The number of nitrogens with zero attached hydrogens (tertiary/aromatic N) is 5. The summed E-state index contributed by atoms with van der Waals surface area (Å²) in [5.74, 6) is -1.93. The van der Waals surface area contributed by atoms with Crippen LogP contribution in [-0.2, 0) is 23.9 Å². The highest BCUT2D eigenvalue weighted by molar-refractivity contribution is 6.07. The Morgan fingerprint density at radius 3 is 2.70 bits per heavy atom. The number of rotatable bonds is 3. The summed E-state index contributed by atoms with van der Waals surface area (Å²) in [7, 11) is 1.55. The molecule has 1 unspecified atom stereocenters. The van der Waals surface area contributed by atoms with Gasteiger partial charge in [0.25, 0.3) is 5.91 Å². The Bertz CT molecular complexity index is 808. The number of carbonyl (C=O) groups is 2. The number of imide groups is 1. The van der Waals surface area contributed by atoms with Crippen molar-refractivity contribution in [3.05, 3.63) is 41.2 Å². The van der Waals surface area contributed by atoms with Crippen molar-refractivity contribution < 1.29 is 18.4 Å². The van der Waals surface area contributed by atoms with Crippen molar-refractivity contribution in [3.8, 4) is 0 Å². The van der Waals surface area contributed by atoms with Crippen LogP contribution in [0.25, 0.3) is 0 Å². The van der Waals surface area contributed by atoms with E-state index in [0.29, 0.717) is 0 Å². The van der Waals surface area contributed by atoms with Crippen molar-refractivity contribution in [2.75, 3.05) is 0 Å². The Labute approximate surface area is 129 Å². The average molecular weight is 322 g/mol. The van der Waals surface area contributed by atoms with Crippen molar-refractivity contribution >= 4 is 11.9 Å². The molecule has 1 fully saturated rings. The highest BCUT2D eigenvalue weighted by Gasteiger charge is 2.50. The third-order valence-corrected chi connectivity index (χ3v) is 3.75. The Morgan fingerprint density at radius 1 is 1.30 bits per heavy atom. The largest absolute Gasteiger partial charge is 0.325 e. The SMILES string of the molecule is Cn1nnnc1CN1C(=O)NC(C)(c2cc(F)ccc2F)C1=O. The van der Waals surface area contributed by atoms with Gasteiger partial charge in [-0.15, -0.1) is 5.10 Å². The minimum Gasteiger partial charge on any atom is -0.319 e. The van der Waals surface area contributed by atoms with Crippen molar-refractivity contribution in [2.45, 2.75) is 19.0 Å². The molecular formula is C13H12F2N6O2. The van der Waals surface area contributed by atoms with Crippen LogP contribution in [0.1, 0.15) is 18.3 Å². The molecule has 23 heavy (non-hydrogen) atoms. The smallest absolute Gasteiger partial charge is 0.319 e. The van der Waals surface area contributed by atoms with Crippen molar-refractivity contribution in [1.29, 1.82) is 0 Å². The van der Waals surface area contributed by atoms with Crippen molar-refractivity contribution in [1.82, 2.24) is 30.4 Å². The molecule has 3 rings (SSSR count). The first kappa shape index (κ1) is 15.0. The highest BCUT2D eigenvalue weighted by atomic mass is 19.1. The molecule has 2 aromatic rings. The molecule has 1 aromatic heterocycles. The van der Waals surface area contributed by atoms with E-state index in [4.69, 9.17) is 0 Å². The molecule has 1 aliphatic heterocycles. The molecule has 1 aliphatic rings. The van der Waals surface area contributed by atoms with Crippen molar-refractivity contribution in [3.63, 3.8) is 0 Å². The van der Waals surface area contributed by atoms with Gasteiger partial charge in [-0.1, -0.05) is 0 Å². The Morgan fingerprint density at radius 2 is 2.04 bits per heavy atom. The number of hydrogen-bond acceptors (Lipinski definition) is 5. The van der Waals surface area contributed by atoms with Gasteiger partial charge in [0.2, 0.25) is 0 Å². The fraction of sp³-hybridized carbons (Fsp3) is 0.308. The maximum Gasteiger partial charge on any atom is 0.325 e. The van der Waals surface area contributed by atoms with E-state index in [1.807, 2.05) is 0 Å². The van der Waals surface area contributed by atoms with E-state index in [-0.39, 0.29) is 17.9 Å². The van der Waals surface area contributed by atoms with Gasteiger partial charge in [0.05, 0.1) is 6.54 Å². The van der Waals surface area contributed by atoms with E-state index in [1.54, 1.807) is 7.05 Å². The summed E-state index contributed by atoms with van der Waals surface area (Å²) >= 11 is 0. The van der Waals surface area contributed by atoms with Crippen LogP contribution in [0.4, 0.5) is 13.6 Å². The van der Waals surface area contributed by atoms with Crippen LogP contribution < -0.4 is 5.32 Å². The second-order valence-corrected chi connectivity index (χ2v) is 5.29. The lowest BCUT2D eigenvalue weighted by Crippen LogP contribution is -2.41. The van der Waals surface area contributed by atoms with Gasteiger partial charge >= 0.3 is 6.03 Å². The van der Waals surface area contributed by atoms with E-state index in [2.05, 4.69) is 20.8 Å². The zero-order valence-electron chi connectivity index (χ0n) is 12.2. The van der Waals surface area contributed by atoms with E-state index >= 15 is 0 Å². The quantitative estimate of drug-likeness (QED) is 0.829. The molecule has 3 amide bonds. The number of benzene rings is 1. The molecule has 0 radical (unpaired) electrons. The second-order valence-electron chi connectivity index (χ2n) is 5.29. The van der Waals surface area contributed by atoms with E-state index in [0.717, 1.165) is 23.1 Å². The van der Waals surface area contributed by atoms with Gasteiger partial charge in [0.15, 0.2) is 5.82 Å². The summed E-state index contributed by atoms with van der Waals surface area (Å²) in [6.45, 7) is 1.14. The Hall–Kier alpha value is -2.91. The fourth-order valence-corrected chi connectivity index (χ4v) is 2.43. The molecule has 10 heteroatoms. The van der Waals surface area contributed by atoms with Gasteiger partial charge < -0.3 is 5.32 Å². The van der Waals surface area contributed by atoms with Crippen molar-refractivity contribution in [2.24, 2.45) is 7.05 Å². The maximum atomic E-state index is 14.0. The molecule has 1 atom stereocenters. The number of carbonyl (C=O) groups excluding carboxylic acids is 2. The average Bonchev–Trinajstić information content (AvgIpc) is 2.99. The van der Waals surface area contributed by atoms with Gasteiger partial charge in [-0.3, -0.25) is 9.69 Å². The number of urea groups is 1. The first-order valence-electron chi connectivity index (χ1n) is 6.64. The summed E-state index contributed by atoms with van der Waals surface area (Å²) in [5.41, 5.74) is -1.94. The van der Waals surface area contributed by atoms with E-state index < -0.39 is 29.1 Å². The standard InChI is InChI=1S/C13H12F2N6O2/c1-13(8-5-7(14)3-4-9(8)15)11(22)21(12(23)16-13)6-10-17-18-19-20(10)2/h3-5H,6H2,1-2H3,(H,16,23). The fourth-order valence-electron chi connectivity index (χ4n) is 2.43. The van der Waals surface area contributed by atoms with Gasteiger partial charge in [0.1, 0.15) is 17.2 Å². The first-order chi connectivity index (χ1) is 10.8. The number of hydrogen-bond donors (Lipinski definition) is 1. The molecule has 1 saturated heterocycles. The molecule has 0 saturated carbocycles. The summed E-state index contributed by atoms with van der Waals surface area (Å²) < 4.78 is 28.7. The first-order valence-corrected chi connectivity index (χ1v) is 6.64. The predicted molar refractivity (Wildman–Crippen MR) is 71.6 cm³/mol. The van der Waals surface area contributed by atoms with Crippen LogP contribution in [0.2, 0.25) is 0 Å². The maximum absolute atomic E-state index is 14.0. The summed E-state index contributed by atoms with van der Waals surface area (Å²) in [4.78, 5) is 25.6. The molecule has 1 aromatic carbocycles. The molecule has 8 nitrogen and oxygen atoms in total. The van der Waals surface area contributed by atoms with E-state index in [9.17, 15) is 18.4 Å².